The van der Waals surface area contributed by atoms with Crippen molar-refractivity contribution in [3.63, 3.8) is 0 Å². The van der Waals surface area contributed by atoms with Crippen molar-refractivity contribution < 1.29 is 18.0 Å². The number of fused-ring (bicyclic) bond motifs is 3. The first-order valence-electron chi connectivity index (χ1n) is 13.8. The Morgan fingerprint density at radius 2 is 1.49 bits per heavy atom. The second-order valence-electron chi connectivity index (χ2n) is 12.5. The number of carbonyl (C=O) groups excluding carboxylic acids is 1. The summed E-state index contributed by atoms with van der Waals surface area (Å²) in [4.78, 5) is 17.0. The van der Waals surface area contributed by atoms with Crippen molar-refractivity contribution in [1.82, 2.24) is 0 Å². The number of hydrogen-bond acceptors (Lipinski definition) is 4. The molecule has 2 aromatic rings. The number of hydrogen-bond donors (Lipinski definition) is 0. The van der Waals surface area contributed by atoms with Gasteiger partial charge in [0, 0.05) is 17.0 Å². The highest BCUT2D eigenvalue weighted by atomic mass is 19.4. The SMILES string of the molecule is N#CC1(C#N)[C@H](c2ccc(C(F)(F)F)cc2)[C@@H](C(=O)C23CC4CC(CC(C4)C2)C3)N2c3ccccc3C=C[C@@H]21. The van der Waals surface area contributed by atoms with Crippen LogP contribution in [0, 0.1) is 51.2 Å². The van der Waals surface area contributed by atoms with E-state index < -0.39 is 40.6 Å². The van der Waals surface area contributed by atoms with Crippen molar-refractivity contribution in [2.75, 3.05) is 4.90 Å². The van der Waals surface area contributed by atoms with Crippen molar-refractivity contribution >= 4 is 17.5 Å². The molecular formula is C32H28F3N3O. The predicted octanol–water partition coefficient (Wildman–Crippen LogP) is 6.89. The number of nitriles is 2. The molecule has 8 rings (SSSR count). The normalized spacial score (nSPS) is 35.2. The summed E-state index contributed by atoms with van der Waals surface area (Å²) in [6.07, 6.45) is 5.19. The van der Waals surface area contributed by atoms with E-state index in [9.17, 15) is 23.7 Å². The van der Waals surface area contributed by atoms with Gasteiger partial charge < -0.3 is 4.90 Å². The molecule has 4 nitrogen and oxygen atoms in total. The molecule has 2 aromatic carbocycles. The second kappa shape index (κ2) is 8.21. The molecular weight excluding hydrogens is 499 g/mol. The monoisotopic (exact) mass is 527 g/mol. The van der Waals surface area contributed by atoms with Gasteiger partial charge in [-0.25, -0.2) is 0 Å². The third kappa shape index (κ3) is 3.38. The summed E-state index contributed by atoms with van der Waals surface area (Å²) in [5, 5.41) is 21.3. The second-order valence-corrected chi connectivity index (χ2v) is 12.5. The average Bonchev–Trinajstić information content (AvgIpc) is 3.22. The van der Waals surface area contributed by atoms with Crippen LogP contribution in [0.4, 0.5) is 18.9 Å². The Morgan fingerprint density at radius 1 is 0.897 bits per heavy atom. The number of halogens is 3. The topological polar surface area (TPSA) is 67.9 Å². The van der Waals surface area contributed by atoms with Gasteiger partial charge in [0.05, 0.1) is 29.8 Å². The van der Waals surface area contributed by atoms with Gasteiger partial charge in [0.2, 0.25) is 0 Å². The fraction of sp³-hybridized carbons (Fsp3) is 0.469. The Kier molecular flexibility index (Phi) is 5.15. The summed E-state index contributed by atoms with van der Waals surface area (Å²) in [6.45, 7) is 0. The number of ketones is 1. The summed E-state index contributed by atoms with van der Waals surface area (Å²) < 4.78 is 40.3. The molecule has 4 aliphatic carbocycles. The predicted molar refractivity (Wildman–Crippen MR) is 139 cm³/mol. The van der Waals surface area contributed by atoms with Crippen molar-refractivity contribution in [2.45, 2.75) is 62.7 Å². The first-order valence-corrected chi connectivity index (χ1v) is 13.8. The van der Waals surface area contributed by atoms with E-state index in [-0.39, 0.29) is 5.78 Å². The molecule has 6 aliphatic rings. The Hall–Kier alpha value is -3.58. The molecule has 5 fully saturated rings. The number of para-hydroxylation sites is 1. The Balaban J connectivity index is 1.42. The van der Waals surface area contributed by atoms with Gasteiger partial charge in [0.1, 0.15) is 0 Å². The smallest absolute Gasteiger partial charge is 0.351 e. The lowest BCUT2D eigenvalue weighted by Crippen LogP contribution is -2.56. The largest absolute Gasteiger partial charge is 0.416 e. The maximum Gasteiger partial charge on any atom is 0.416 e. The molecule has 2 aliphatic heterocycles. The lowest BCUT2D eigenvalue weighted by Gasteiger charge is -2.57. The molecule has 0 N–H and O–H groups in total. The van der Waals surface area contributed by atoms with Crippen LogP contribution in [0.25, 0.3) is 6.08 Å². The molecule has 4 saturated carbocycles. The van der Waals surface area contributed by atoms with Gasteiger partial charge in [-0.1, -0.05) is 42.5 Å². The van der Waals surface area contributed by atoms with E-state index in [0.717, 1.165) is 61.9 Å². The maximum atomic E-state index is 15.0. The van der Waals surface area contributed by atoms with Gasteiger partial charge in [-0.15, -0.1) is 0 Å². The van der Waals surface area contributed by atoms with E-state index in [1.165, 1.54) is 12.1 Å². The maximum absolute atomic E-state index is 15.0. The van der Waals surface area contributed by atoms with Gasteiger partial charge in [-0.2, -0.15) is 23.7 Å². The average molecular weight is 528 g/mol. The van der Waals surface area contributed by atoms with Gasteiger partial charge in [0.15, 0.2) is 11.2 Å². The van der Waals surface area contributed by atoms with Crippen LogP contribution in [-0.4, -0.2) is 17.9 Å². The first-order chi connectivity index (χ1) is 18.7. The number of anilines is 1. The van der Waals surface area contributed by atoms with Gasteiger partial charge in [-0.05, 0) is 85.6 Å². The first kappa shape index (κ1) is 24.5. The number of nitrogens with zero attached hydrogens (tertiary/aromatic N) is 3. The number of benzene rings is 2. The zero-order valence-corrected chi connectivity index (χ0v) is 21.4. The molecule has 0 aromatic heterocycles. The molecule has 1 saturated heterocycles. The van der Waals surface area contributed by atoms with Crippen LogP contribution in [0.3, 0.4) is 0 Å². The van der Waals surface area contributed by atoms with Crippen LogP contribution in [-0.2, 0) is 11.0 Å². The van der Waals surface area contributed by atoms with Crippen molar-refractivity contribution in [2.24, 2.45) is 28.6 Å². The van der Waals surface area contributed by atoms with Crippen LogP contribution in [0.15, 0.2) is 54.6 Å². The fourth-order valence-corrected chi connectivity index (χ4v) is 9.21. The van der Waals surface area contributed by atoms with Crippen molar-refractivity contribution in [3.8, 4) is 12.1 Å². The van der Waals surface area contributed by atoms with Crippen LogP contribution >= 0.6 is 0 Å². The zero-order valence-electron chi connectivity index (χ0n) is 21.4. The highest BCUT2D eigenvalue weighted by Crippen LogP contribution is 2.63. The summed E-state index contributed by atoms with van der Waals surface area (Å²) >= 11 is 0. The summed E-state index contributed by atoms with van der Waals surface area (Å²) in [6, 6.07) is 15.4. The highest BCUT2D eigenvalue weighted by molar-refractivity contribution is 5.97. The highest BCUT2D eigenvalue weighted by Gasteiger charge is 2.67. The molecule has 2 heterocycles. The molecule has 4 bridgehead atoms. The van der Waals surface area contributed by atoms with Gasteiger partial charge in [-0.3, -0.25) is 4.79 Å². The van der Waals surface area contributed by atoms with E-state index in [1.54, 1.807) is 0 Å². The molecule has 0 radical (unpaired) electrons. The van der Waals surface area contributed by atoms with Gasteiger partial charge >= 0.3 is 6.18 Å². The summed E-state index contributed by atoms with van der Waals surface area (Å²) in [5.41, 5.74) is -0.838. The van der Waals surface area contributed by atoms with E-state index in [2.05, 4.69) is 12.1 Å². The van der Waals surface area contributed by atoms with Gasteiger partial charge in [0.25, 0.3) is 0 Å². The third-order valence-corrected chi connectivity index (χ3v) is 10.3. The molecule has 3 atom stereocenters. The Morgan fingerprint density at radius 3 is 2.05 bits per heavy atom. The molecule has 0 amide bonds. The minimum atomic E-state index is -4.51. The number of carbonyl (C=O) groups is 1. The van der Waals surface area contributed by atoms with E-state index in [4.69, 9.17) is 0 Å². The van der Waals surface area contributed by atoms with E-state index >= 15 is 4.79 Å². The minimum Gasteiger partial charge on any atom is -0.351 e. The Bertz CT molecular complexity index is 1410. The number of Topliss-reactive ketones (excluding diaryl/α,β-unsaturated/α-hetero) is 1. The van der Waals surface area contributed by atoms with Crippen LogP contribution in [0.1, 0.15) is 61.1 Å². The van der Waals surface area contributed by atoms with E-state index in [1.807, 2.05) is 41.3 Å². The Labute approximate surface area is 225 Å². The molecule has 39 heavy (non-hydrogen) atoms. The molecule has 0 unspecified atom stereocenters. The number of rotatable bonds is 3. The van der Waals surface area contributed by atoms with Crippen LogP contribution in [0.5, 0.6) is 0 Å². The van der Waals surface area contributed by atoms with Crippen LogP contribution in [0.2, 0.25) is 0 Å². The number of alkyl halides is 3. The standard InChI is InChI=1S/C32H28F3N3O/c33-32(34,35)24-8-5-23(6-9-24)27-28(29(39)30-14-19-11-20(15-30)13-21(12-19)16-30)38-25-4-2-1-3-22(25)7-10-26(38)31(27,17-36)18-37/h1-10,19-21,26-28H,11-16H2/t19?,20?,21?,26-,27-,28+,30?/m1/s1. The quantitative estimate of drug-likeness (QED) is 0.436. The van der Waals surface area contributed by atoms with E-state index in [0.29, 0.717) is 23.3 Å². The molecule has 0 spiro atoms. The lowest BCUT2D eigenvalue weighted by atomic mass is 9.47. The molecule has 7 heteroatoms. The van der Waals surface area contributed by atoms with Crippen molar-refractivity contribution in [1.29, 1.82) is 10.5 Å². The lowest BCUT2D eigenvalue weighted by molar-refractivity contribution is -0.145. The van der Waals surface area contributed by atoms with Crippen LogP contribution < -0.4 is 4.90 Å². The zero-order chi connectivity index (χ0) is 27.2. The summed E-state index contributed by atoms with van der Waals surface area (Å²) in [7, 11) is 0. The molecule has 198 valence electrons. The third-order valence-electron chi connectivity index (χ3n) is 10.3. The summed E-state index contributed by atoms with van der Waals surface area (Å²) in [5.74, 6) is 0.733. The minimum absolute atomic E-state index is 0.0639. The fourth-order valence-electron chi connectivity index (χ4n) is 9.21. The van der Waals surface area contributed by atoms with Crippen molar-refractivity contribution in [3.05, 3.63) is 71.3 Å².